The molecular weight excluding hydrogens is 299 g/mol. The standard InChI is InChI=1S/C13H9FN2O6/c14-5-3-4(1-2-6(5)17)7-8(12(19)20)10(15)16-11(18)9(7)13(21)22/h1-3,17H,(H,19,20)(H,21,22)(H3,15,16,18). The summed E-state index contributed by atoms with van der Waals surface area (Å²) in [5.74, 6) is -5.68. The number of benzene rings is 1. The highest BCUT2D eigenvalue weighted by Crippen LogP contribution is 2.31. The minimum atomic E-state index is -1.70. The molecule has 0 atom stereocenters. The number of nitrogen functional groups attached to an aromatic ring is 1. The van der Waals surface area contributed by atoms with Crippen LogP contribution in [0.25, 0.3) is 11.1 Å². The van der Waals surface area contributed by atoms with E-state index in [9.17, 15) is 23.9 Å². The molecule has 0 aliphatic rings. The molecule has 8 nitrogen and oxygen atoms in total. The summed E-state index contributed by atoms with van der Waals surface area (Å²) in [4.78, 5) is 36.2. The van der Waals surface area contributed by atoms with Crippen molar-refractivity contribution in [2.75, 3.05) is 5.73 Å². The van der Waals surface area contributed by atoms with Crippen molar-refractivity contribution in [1.82, 2.24) is 4.98 Å². The SMILES string of the molecule is Nc1[nH]c(=O)c(C(=O)O)c(-c2ccc(O)c(F)c2)c1C(=O)O. The lowest BCUT2D eigenvalue weighted by atomic mass is 9.95. The Kier molecular flexibility index (Phi) is 3.56. The number of H-pyrrole nitrogens is 1. The predicted octanol–water partition coefficient (Wildman–Crippen LogP) is 0.865. The van der Waals surface area contributed by atoms with E-state index in [0.717, 1.165) is 12.1 Å². The number of aromatic amines is 1. The largest absolute Gasteiger partial charge is 0.505 e. The molecule has 0 unspecified atom stereocenters. The third-order valence-corrected chi connectivity index (χ3v) is 2.91. The normalized spacial score (nSPS) is 10.4. The van der Waals surface area contributed by atoms with Crippen LogP contribution in [0.1, 0.15) is 20.7 Å². The molecule has 2 aromatic rings. The first-order valence-electron chi connectivity index (χ1n) is 5.75. The van der Waals surface area contributed by atoms with Gasteiger partial charge in [-0.1, -0.05) is 6.07 Å². The van der Waals surface area contributed by atoms with Gasteiger partial charge in [-0.25, -0.2) is 14.0 Å². The lowest BCUT2D eigenvalue weighted by Gasteiger charge is -2.12. The Bertz CT molecular complexity index is 858. The Labute approximate surface area is 121 Å². The van der Waals surface area contributed by atoms with Gasteiger partial charge in [-0.3, -0.25) is 4.79 Å². The number of phenols is 1. The number of phenolic OH excluding ortho intramolecular Hbond substituents is 1. The first-order valence-corrected chi connectivity index (χ1v) is 5.75. The van der Waals surface area contributed by atoms with Gasteiger partial charge in [-0.15, -0.1) is 0 Å². The molecule has 1 aromatic carbocycles. The Morgan fingerprint density at radius 1 is 1.14 bits per heavy atom. The number of carbonyl (C=O) groups is 2. The Morgan fingerprint density at radius 2 is 1.73 bits per heavy atom. The zero-order valence-corrected chi connectivity index (χ0v) is 10.8. The molecule has 9 heteroatoms. The van der Waals surface area contributed by atoms with Crippen LogP contribution in [0.15, 0.2) is 23.0 Å². The topological polar surface area (TPSA) is 154 Å². The molecule has 0 saturated heterocycles. The summed E-state index contributed by atoms with van der Waals surface area (Å²) in [6.45, 7) is 0. The number of aromatic hydroxyl groups is 1. The van der Waals surface area contributed by atoms with Crippen LogP contribution in [0.2, 0.25) is 0 Å². The molecule has 0 fully saturated rings. The predicted molar refractivity (Wildman–Crippen MR) is 72.5 cm³/mol. The van der Waals surface area contributed by atoms with E-state index in [-0.39, 0.29) is 5.56 Å². The van der Waals surface area contributed by atoms with Gasteiger partial charge in [0.1, 0.15) is 16.9 Å². The van der Waals surface area contributed by atoms with Crippen molar-refractivity contribution >= 4 is 17.8 Å². The number of hydrogen-bond donors (Lipinski definition) is 5. The van der Waals surface area contributed by atoms with Gasteiger partial charge in [0.25, 0.3) is 5.56 Å². The zero-order valence-electron chi connectivity index (χ0n) is 10.8. The van der Waals surface area contributed by atoms with Crippen molar-refractivity contribution in [3.8, 4) is 16.9 Å². The lowest BCUT2D eigenvalue weighted by Crippen LogP contribution is -2.24. The monoisotopic (exact) mass is 308 g/mol. The number of pyridine rings is 1. The van der Waals surface area contributed by atoms with E-state index in [0.29, 0.717) is 6.07 Å². The van der Waals surface area contributed by atoms with Gasteiger partial charge in [0.2, 0.25) is 0 Å². The van der Waals surface area contributed by atoms with Crippen LogP contribution in [0.4, 0.5) is 10.2 Å². The summed E-state index contributed by atoms with van der Waals surface area (Å²) in [5.41, 5.74) is 1.97. The van der Waals surface area contributed by atoms with Gasteiger partial charge in [0, 0.05) is 5.56 Å². The zero-order chi connectivity index (χ0) is 16.6. The fraction of sp³-hybridized carbons (Fsp3) is 0. The number of aromatic carboxylic acids is 2. The fourth-order valence-electron chi connectivity index (χ4n) is 2.00. The van der Waals surface area contributed by atoms with E-state index in [1.165, 1.54) is 0 Å². The van der Waals surface area contributed by atoms with Crippen LogP contribution < -0.4 is 11.3 Å². The van der Waals surface area contributed by atoms with E-state index in [2.05, 4.69) is 0 Å². The molecule has 2 rings (SSSR count). The molecule has 0 saturated carbocycles. The van der Waals surface area contributed by atoms with Crippen LogP contribution in [-0.2, 0) is 0 Å². The average Bonchev–Trinajstić information content (AvgIpc) is 2.39. The summed E-state index contributed by atoms with van der Waals surface area (Å²) in [5, 5.41) is 27.5. The third kappa shape index (κ3) is 2.35. The van der Waals surface area contributed by atoms with Gasteiger partial charge < -0.3 is 26.0 Å². The van der Waals surface area contributed by atoms with Crippen LogP contribution in [0.3, 0.4) is 0 Å². The minimum absolute atomic E-state index is 0.220. The maximum Gasteiger partial charge on any atom is 0.342 e. The van der Waals surface area contributed by atoms with E-state index >= 15 is 0 Å². The van der Waals surface area contributed by atoms with Crippen molar-refractivity contribution < 1.29 is 29.3 Å². The molecule has 0 amide bonds. The molecule has 114 valence electrons. The molecule has 0 radical (unpaired) electrons. The number of nitrogens with one attached hydrogen (secondary N) is 1. The van der Waals surface area contributed by atoms with Gasteiger partial charge in [0.05, 0.1) is 0 Å². The van der Waals surface area contributed by atoms with E-state index in [1.54, 1.807) is 0 Å². The lowest BCUT2D eigenvalue weighted by molar-refractivity contribution is 0.0695. The van der Waals surface area contributed by atoms with Gasteiger partial charge in [0.15, 0.2) is 11.6 Å². The van der Waals surface area contributed by atoms with Crippen molar-refractivity contribution in [2.24, 2.45) is 0 Å². The Balaban J connectivity index is 2.98. The number of nitrogens with two attached hydrogens (primary N) is 1. The molecule has 0 bridgehead atoms. The average molecular weight is 308 g/mol. The first-order chi connectivity index (χ1) is 10.2. The fourth-order valence-corrected chi connectivity index (χ4v) is 2.00. The van der Waals surface area contributed by atoms with Crippen LogP contribution in [-0.4, -0.2) is 32.2 Å². The number of carboxylic acids is 2. The summed E-state index contributed by atoms with van der Waals surface area (Å²) in [7, 11) is 0. The van der Waals surface area contributed by atoms with Gasteiger partial charge in [-0.05, 0) is 17.7 Å². The van der Waals surface area contributed by atoms with Crippen molar-refractivity contribution in [3.63, 3.8) is 0 Å². The number of anilines is 1. The number of carboxylic acid groups (broad SMARTS) is 2. The maximum absolute atomic E-state index is 13.5. The van der Waals surface area contributed by atoms with Crippen LogP contribution >= 0.6 is 0 Å². The summed E-state index contributed by atoms with van der Waals surface area (Å²) in [6, 6.07) is 2.69. The highest BCUT2D eigenvalue weighted by molar-refractivity contribution is 6.07. The molecular formula is C13H9FN2O6. The molecule has 0 spiro atoms. The smallest absolute Gasteiger partial charge is 0.342 e. The van der Waals surface area contributed by atoms with Crippen molar-refractivity contribution in [2.45, 2.75) is 0 Å². The number of halogens is 1. The van der Waals surface area contributed by atoms with Crippen LogP contribution in [0.5, 0.6) is 5.75 Å². The number of hydrogen-bond acceptors (Lipinski definition) is 5. The summed E-state index contributed by atoms with van der Waals surface area (Å²) < 4.78 is 13.5. The molecule has 1 heterocycles. The van der Waals surface area contributed by atoms with Gasteiger partial charge >= 0.3 is 11.9 Å². The second-order valence-electron chi connectivity index (χ2n) is 4.27. The second kappa shape index (κ2) is 5.20. The molecule has 0 aliphatic carbocycles. The Hall–Kier alpha value is -3.36. The van der Waals surface area contributed by atoms with Gasteiger partial charge in [-0.2, -0.15) is 0 Å². The van der Waals surface area contributed by atoms with Crippen molar-refractivity contribution in [3.05, 3.63) is 45.5 Å². The van der Waals surface area contributed by atoms with E-state index in [4.69, 9.17) is 15.9 Å². The highest BCUT2D eigenvalue weighted by Gasteiger charge is 2.26. The molecule has 1 aromatic heterocycles. The Morgan fingerprint density at radius 3 is 2.23 bits per heavy atom. The molecule has 22 heavy (non-hydrogen) atoms. The third-order valence-electron chi connectivity index (χ3n) is 2.91. The number of rotatable bonds is 3. The second-order valence-corrected chi connectivity index (χ2v) is 4.27. The van der Waals surface area contributed by atoms with E-state index < -0.39 is 51.6 Å². The van der Waals surface area contributed by atoms with E-state index in [1.807, 2.05) is 4.98 Å². The van der Waals surface area contributed by atoms with Crippen molar-refractivity contribution in [1.29, 1.82) is 0 Å². The number of aromatic nitrogens is 1. The maximum atomic E-state index is 13.5. The summed E-state index contributed by atoms with van der Waals surface area (Å²) in [6.07, 6.45) is 0. The molecule has 0 aliphatic heterocycles. The highest BCUT2D eigenvalue weighted by atomic mass is 19.1. The van der Waals surface area contributed by atoms with Crippen LogP contribution in [0, 0.1) is 5.82 Å². The quantitative estimate of drug-likeness (QED) is 0.563. The minimum Gasteiger partial charge on any atom is -0.505 e. The molecule has 6 N–H and O–H groups in total. The first kappa shape index (κ1) is 15.0. The summed E-state index contributed by atoms with van der Waals surface area (Å²) >= 11 is 0.